The van der Waals surface area contributed by atoms with Crippen LogP contribution in [0, 0.1) is 20.8 Å². The van der Waals surface area contributed by atoms with Crippen LogP contribution in [-0.2, 0) is 17.9 Å². The van der Waals surface area contributed by atoms with Gasteiger partial charge in [0.15, 0.2) is 0 Å². The summed E-state index contributed by atoms with van der Waals surface area (Å²) in [4.78, 5) is 48.5. The molecule has 8 heteroatoms. The molecule has 2 aromatic carbocycles. The van der Waals surface area contributed by atoms with E-state index >= 15 is 0 Å². The Hall–Kier alpha value is -4.17. The molecule has 0 aliphatic carbocycles. The van der Waals surface area contributed by atoms with E-state index < -0.39 is 0 Å². The zero-order valence-corrected chi connectivity index (χ0v) is 27.2. The van der Waals surface area contributed by atoms with Gasteiger partial charge in [-0.25, -0.2) is 0 Å². The van der Waals surface area contributed by atoms with Crippen LogP contribution in [0.1, 0.15) is 70.9 Å². The van der Waals surface area contributed by atoms with Gasteiger partial charge in [-0.15, -0.1) is 0 Å². The zero-order chi connectivity index (χ0) is 32.1. The van der Waals surface area contributed by atoms with E-state index in [1.54, 1.807) is 0 Å². The Morgan fingerprint density at radius 3 is 2.53 bits per heavy atom. The lowest BCUT2D eigenvalue weighted by molar-refractivity contribution is -0.125. The minimum atomic E-state index is -0.217. The smallest absolute Gasteiger partial charge is 0.253 e. The third kappa shape index (κ3) is 7.39. The first-order valence-electron chi connectivity index (χ1n) is 16.3. The molecule has 2 aliphatic rings. The van der Waals surface area contributed by atoms with E-state index in [0.29, 0.717) is 24.2 Å². The normalized spacial score (nSPS) is 16.9. The minimum Gasteiger partial charge on any atom is -0.367 e. The summed E-state index contributed by atoms with van der Waals surface area (Å²) in [5, 5.41) is 3.04. The van der Waals surface area contributed by atoms with Gasteiger partial charge in [0, 0.05) is 61.3 Å². The lowest BCUT2D eigenvalue weighted by atomic mass is 9.95. The molecule has 3 heterocycles. The maximum Gasteiger partial charge on any atom is 0.253 e. The van der Waals surface area contributed by atoms with Crippen LogP contribution in [0.5, 0.6) is 0 Å². The van der Waals surface area contributed by atoms with Gasteiger partial charge in [-0.1, -0.05) is 31.2 Å². The number of piperidine rings is 1. The van der Waals surface area contributed by atoms with Gasteiger partial charge >= 0.3 is 0 Å². The summed E-state index contributed by atoms with van der Waals surface area (Å²) in [5.74, 6) is -0.267. The number of amides is 2. The first-order valence-corrected chi connectivity index (χ1v) is 16.3. The molecular formula is C37H47N5O3. The fourth-order valence-corrected chi connectivity index (χ4v) is 6.94. The van der Waals surface area contributed by atoms with Crippen LogP contribution >= 0.6 is 0 Å². The molecule has 2 amide bonds. The number of hydrogen-bond donors (Lipinski definition) is 2. The van der Waals surface area contributed by atoms with Gasteiger partial charge in [0.25, 0.3) is 11.5 Å². The van der Waals surface area contributed by atoms with E-state index in [0.717, 1.165) is 66.2 Å². The van der Waals surface area contributed by atoms with Gasteiger partial charge in [0.1, 0.15) is 0 Å². The van der Waals surface area contributed by atoms with E-state index in [1.807, 2.05) is 37.8 Å². The SMILES string of the molecule is C=CC(=O)N1CCC(N(CC)c2cc(-c3cccc(CN4CCCCC4)c3)cc(C(=O)NCc3c(C)cc(C)[nH]c3=O)c2C)C1. The summed E-state index contributed by atoms with van der Waals surface area (Å²) in [7, 11) is 0. The molecular weight excluding hydrogens is 562 g/mol. The van der Waals surface area contributed by atoms with Crippen LogP contribution in [-0.4, -0.2) is 65.4 Å². The van der Waals surface area contributed by atoms with Crippen LogP contribution in [0.15, 0.2) is 59.9 Å². The molecule has 1 atom stereocenters. The Bertz CT molecular complexity index is 1620. The van der Waals surface area contributed by atoms with Crippen molar-refractivity contribution in [1.29, 1.82) is 0 Å². The predicted molar refractivity (Wildman–Crippen MR) is 182 cm³/mol. The number of nitrogens with one attached hydrogen (secondary N) is 2. The quantitative estimate of drug-likeness (QED) is 0.297. The van der Waals surface area contributed by atoms with E-state index in [9.17, 15) is 14.4 Å². The molecule has 5 rings (SSSR count). The maximum atomic E-state index is 13.9. The molecule has 2 aliphatic heterocycles. The second kappa shape index (κ2) is 14.3. The van der Waals surface area contributed by atoms with Gasteiger partial charge in [-0.2, -0.15) is 0 Å². The standard InChI is InChI=1S/C37H47N5O3/c1-6-35(43)41-17-14-31(24-41)42(7-2)34-21-30(29-13-11-12-28(19-29)23-40-15-9-8-10-16-40)20-32(27(34)5)36(44)38-22-33-25(3)18-26(4)39-37(33)45/h6,11-13,18-21,31H,1,7-10,14-17,22-24H2,2-5H3,(H,38,44)(H,39,45). The van der Waals surface area contributed by atoms with Crippen molar-refractivity contribution in [2.45, 2.75) is 72.5 Å². The summed E-state index contributed by atoms with van der Waals surface area (Å²) in [5.41, 5.74) is 7.78. The molecule has 0 bridgehead atoms. The molecule has 3 aromatic rings. The van der Waals surface area contributed by atoms with Crippen molar-refractivity contribution in [3.8, 4) is 11.1 Å². The van der Waals surface area contributed by atoms with Crippen LogP contribution < -0.4 is 15.8 Å². The first-order chi connectivity index (χ1) is 21.7. The van der Waals surface area contributed by atoms with Crippen LogP contribution in [0.3, 0.4) is 0 Å². The largest absolute Gasteiger partial charge is 0.367 e. The summed E-state index contributed by atoms with van der Waals surface area (Å²) in [6.07, 6.45) is 6.03. The van der Waals surface area contributed by atoms with Gasteiger partial charge in [0.05, 0.1) is 0 Å². The minimum absolute atomic E-state index is 0.0500. The Balaban J connectivity index is 1.51. The number of carbonyl (C=O) groups excluding carboxylic acids is 2. The fourth-order valence-electron chi connectivity index (χ4n) is 6.94. The lowest BCUT2D eigenvalue weighted by Crippen LogP contribution is -2.39. The molecule has 1 aromatic heterocycles. The molecule has 2 saturated heterocycles. The second-order valence-electron chi connectivity index (χ2n) is 12.5. The number of aryl methyl sites for hydroxylation is 2. The molecule has 0 spiro atoms. The summed E-state index contributed by atoms with van der Waals surface area (Å²) >= 11 is 0. The van der Waals surface area contributed by atoms with Crippen LogP contribution in [0.4, 0.5) is 5.69 Å². The number of likely N-dealkylation sites (N-methyl/N-ethyl adjacent to an activating group) is 1. The van der Waals surface area contributed by atoms with E-state index in [1.165, 1.54) is 30.9 Å². The maximum absolute atomic E-state index is 13.9. The number of likely N-dealkylation sites (tertiary alicyclic amines) is 2. The van der Waals surface area contributed by atoms with Crippen molar-refractivity contribution in [2.24, 2.45) is 0 Å². The highest BCUT2D eigenvalue weighted by molar-refractivity contribution is 5.99. The fraction of sp³-hybridized carbons (Fsp3) is 0.432. The van der Waals surface area contributed by atoms with Crippen molar-refractivity contribution in [3.63, 3.8) is 0 Å². The monoisotopic (exact) mass is 609 g/mol. The number of anilines is 1. The number of nitrogens with zero attached hydrogens (tertiary/aromatic N) is 3. The van der Waals surface area contributed by atoms with Crippen molar-refractivity contribution in [1.82, 2.24) is 20.1 Å². The lowest BCUT2D eigenvalue weighted by Gasteiger charge is -2.32. The molecule has 0 saturated carbocycles. The number of benzene rings is 2. The van der Waals surface area contributed by atoms with Gasteiger partial charge < -0.3 is 20.1 Å². The molecule has 8 nitrogen and oxygen atoms in total. The van der Waals surface area contributed by atoms with E-state index in [-0.39, 0.29) is 30.0 Å². The summed E-state index contributed by atoms with van der Waals surface area (Å²) in [6, 6.07) is 14.9. The number of pyridine rings is 1. The molecule has 1 unspecified atom stereocenters. The summed E-state index contributed by atoms with van der Waals surface area (Å²) < 4.78 is 0. The van der Waals surface area contributed by atoms with Crippen LogP contribution in [0.25, 0.3) is 11.1 Å². The number of carbonyl (C=O) groups is 2. The van der Waals surface area contributed by atoms with E-state index in [2.05, 4.69) is 63.9 Å². The molecule has 2 N–H and O–H groups in total. The number of hydrogen-bond acceptors (Lipinski definition) is 5. The average Bonchev–Trinajstić information content (AvgIpc) is 3.52. The third-order valence-electron chi connectivity index (χ3n) is 9.40. The van der Waals surface area contributed by atoms with Crippen molar-refractivity contribution >= 4 is 17.5 Å². The summed E-state index contributed by atoms with van der Waals surface area (Å²) in [6.45, 7) is 16.9. The van der Waals surface area contributed by atoms with Crippen molar-refractivity contribution < 1.29 is 9.59 Å². The topological polar surface area (TPSA) is 88.8 Å². The average molecular weight is 610 g/mol. The Morgan fingerprint density at radius 2 is 1.82 bits per heavy atom. The second-order valence-corrected chi connectivity index (χ2v) is 12.5. The number of aromatic nitrogens is 1. The zero-order valence-electron chi connectivity index (χ0n) is 27.2. The highest BCUT2D eigenvalue weighted by atomic mass is 16.2. The third-order valence-corrected chi connectivity index (χ3v) is 9.40. The molecule has 0 radical (unpaired) electrons. The number of aromatic amines is 1. The highest BCUT2D eigenvalue weighted by Gasteiger charge is 2.31. The Morgan fingerprint density at radius 1 is 1.04 bits per heavy atom. The van der Waals surface area contributed by atoms with E-state index in [4.69, 9.17) is 0 Å². The number of H-pyrrole nitrogens is 1. The molecule has 2 fully saturated rings. The Kier molecular flexibility index (Phi) is 10.2. The van der Waals surface area contributed by atoms with Gasteiger partial charge in [0.2, 0.25) is 5.91 Å². The molecule has 45 heavy (non-hydrogen) atoms. The Labute approximate surface area is 267 Å². The first kappa shape index (κ1) is 32.2. The highest BCUT2D eigenvalue weighted by Crippen LogP contribution is 2.34. The number of rotatable bonds is 10. The predicted octanol–water partition coefficient (Wildman–Crippen LogP) is 5.50. The van der Waals surface area contributed by atoms with Crippen molar-refractivity contribution in [2.75, 3.05) is 37.6 Å². The van der Waals surface area contributed by atoms with Gasteiger partial charge in [-0.3, -0.25) is 19.3 Å². The van der Waals surface area contributed by atoms with Gasteiger partial charge in [-0.05, 0) is 118 Å². The van der Waals surface area contributed by atoms with Crippen molar-refractivity contribution in [3.05, 3.63) is 99.0 Å². The molecule has 238 valence electrons. The van der Waals surface area contributed by atoms with Crippen LogP contribution in [0.2, 0.25) is 0 Å².